The van der Waals surface area contributed by atoms with E-state index in [9.17, 15) is 0 Å². The van der Waals surface area contributed by atoms with Crippen molar-refractivity contribution in [3.63, 3.8) is 0 Å². The fourth-order valence-electron chi connectivity index (χ4n) is 10.6. The maximum atomic E-state index is 5.61. The molecule has 0 aliphatic heterocycles. The molecule has 0 radical (unpaired) electrons. The first kappa shape index (κ1) is 44.4. The summed E-state index contributed by atoms with van der Waals surface area (Å²) in [7, 11) is 0. The molecule has 0 N–H and O–H groups in total. The molecule has 0 saturated heterocycles. The van der Waals surface area contributed by atoms with Gasteiger partial charge in [-0.25, -0.2) is 19.9 Å². The lowest BCUT2D eigenvalue weighted by atomic mass is 9.91. The van der Waals surface area contributed by atoms with E-state index in [1.807, 2.05) is 24.3 Å². The summed E-state index contributed by atoms with van der Waals surface area (Å²) in [5.74, 6) is 2.40. The van der Waals surface area contributed by atoms with Crippen LogP contribution in [0.5, 0.6) is 0 Å². The highest BCUT2D eigenvalue weighted by Crippen LogP contribution is 2.41. The van der Waals surface area contributed by atoms with Crippen molar-refractivity contribution in [2.45, 2.75) is 0 Å². The first-order valence-corrected chi connectivity index (χ1v) is 25.6. The first-order valence-electron chi connectivity index (χ1n) is 25.6. The minimum Gasteiger partial charge on any atom is -0.292 e. The molecule has 6 nitrogen and oxygen atoms in total. The summed E-state index contributed by atoms with van der Waals surface area (Å²) < 4.78 is 4.49. The number of rotatable bonds is 10. The zero-order chi connectivity index (χ0) is 50.4. The normalized spacial score (nSPS) is 11.4. The van der Waals surface area contributed by atoms with E-state index >= 15 is 0 Å². The van der Waals surface area contributed by atoms with Gasteiger partial charge in [0, 0.05) is 44.6 Å². The number of aromatic nitrogens is 6. The molecule has 0 aliphatic rings. The monoisotopic (exact) mass is 970 g/mol. The molecule has 356 valence electrons. The summed E-state index contributed by atoms with van der Waals surface area (Å²) in [6.07, 6.45) is 0. The second-order valence-electron chi connectivity index (χ2n) is 19.1. The van der Waals surface area contributed by atoms with Crippen LogP contribution in [0, 0.1) is 0 Å². The van der Waals surface area contributed by atoms with E-state index in [-0.39, 0.29) is 0 Å². The average Bonchev–Trinajstić information content (AvgIpc) is 4.11. The summed E-state index contributed by atoms with van der Waals surface area (Å²) in [6, 6.07) is 98.2. The van der Waals surface area contributed by atoms with E-state index in [0.717, 1.165) is 123 Å². The second kappa shape index (κ2) is 19.0. The number of hydrogen-bond donors (Lipinski definition) is 0. The maximum Gasteiger partial charge on any atom is 0.160 e. The van der Waals surface area contributed by atoms with Gasteiger partial charge in [0.05, 0.1) is 33.3 Å². The highest BCUT2D eigenvalue weighted by molar-refractivity contribution is 6.05. The lowest BCUT2D eigenvalue weighted by molar-refractivity contribution is 1.10. The Labute approximate surface area is 440 Å². The number of imidazole rings is 2. The Hall–Kier alpha value is -10.3. The summed E-state index contributed by atoms with van der Waals surface area (Å²) in [6.45, 7) is 0. The van der Waals surface area contributed by atoms with E-state index < -0.39 is 0 Å². The molecule has 76 heavy (non-hydrogen) atoms. The van der Waals surface area contributed by atoms with Crippen LogP contribution in [0.4, 0.5) is 0 Å². The molecule has 0 saturated carbocycles. The summed E-state index contributed by atoms with van der Waals surface area (Å²) in [5.41, 5.74) is 20.5. The van der Waals surface area contributed by atoms with Gasteiger partial charge in [0.15, 0.2) is 5.82 Å². The quantitative estimate of drug-likeness (QED) is 0.137. The van der Waals surface area contributed by atoms with Crippen LogP contribution in [0.1, 0.15) is 0 Å². The van der Waals surface area contributed by atoms with Crippen molar-refractivity contribution in [2.24, 2.45) is 0 Å². The molecule has 0 bridgehead atoms. The van der Waals surface area contributed by atoms with Gasteiger partial charge in [0.1, 0.15) is 11.6 Å². The van der Waals surface area contributed by atoms with Crippen LogP contribution in [0.3, 0.4) is 0 Å². The Morgan fingerprint density at radius 2 is 0.658 bits per heavy atom. The molecule has 0 spiro atoms. The predicted octanol–water partition coefficient (Wildman–Crippen LogP) is 17.6. The van der Waals surface area contributed by atoms with Gasteiger partial charge >= 0.3 is 0 Å². The highest BCUT2D eigenvalue weighted by atomic mass is 15.1. The zero-order valence-corrected chi connectivity index (χ0v) is 41.2. The van der Waals surface area contributed by atoms with Gasteiger partial charge < -0.3 is 0 Å². The lowest BCUT2D eigenvalue weighted by Crippen LogP contribution is -2.00. The highest BCUT2D eigenvalue weighted by Gasteiger charge is 2.21. The van der Waals surface area contributed by atoms with Crippen LogP contribution in [-0.4, -0.2) is 29.1 Å². The van der Waals surface area contributed by atoms with Gasteiger partial charge in [-0.15, -0.1) is 0 Å². The zero-order valence-electron chi connectivity index (χ0n) is 41.2. The van der Waals surface area contributed by atoms with Crippen LogP contribution in [-0.2, 0) is 0 Å². The Morgan fingerprint density at radius 3 is 1.17 bits per heavy atom. The second-order valence-corrected chi connectivity index (χ2v) is 19.1. The number of benzene rings is 11. The third kappa shape index (κ3) is 8.11. The topological polar surface area (TPSA) is 61.4 Å². The van der Waals surface area contributed by atoms with Crippen molar-refractivity contribution in [3.05, 3.63) is 279 Å². The third-order valence-electron chi connectivity index (χ3n) is 14.4. The van der Waals surface area contributed by atoms with Crippen molar-refractivity contribution in [1.82, 2.24) is 29.1 Å². The lowest BCUT2D eigenvalue weighted by Gasteiger charge is -2.17. The van der Waals surface area contributed by atoms with Gasteiger partial charge in [-0.05, 0) is 124 Å². The molecule has 14 aromatic rings. The van der Waals surface area contributed by atoms with Crippen molar-refractivity contribution >= 4 is 33.0 Å². The van der Waals surface area contributed by atoms with Crippen LogP contribution in [0.15, 0.2) is 279 Å². The number of hydrogen-bond acceptors (Lipinski definition) is 4. The van der Waals surface area contributed by atoms with E-state index in [4.69, 9.17) is 19.9 Å². The molecule has 0 amide bonds. The fraction of sp³-hybridized carbons (Fsp3) is 0. The van der Waals surface area contributed by atoms with E-state index in [1.54, 1.807) is 0 Å². The molecular weight excluding hydrogens is 925 g/mol. The van der Waals surface area contributed by atoms with E-state index in [0.29, 0.717) is 5.82 Å². The Balaban J connectivity index is 0.987. The number of nitrogens with zero attached hydrogens (tertiary/aromatic N) is 6. The van der Waals surface area contributed by atoms with Gasteiger partial charge in [0.2, 0.25) is 0 Å². The van der Waals surface area contributed by atoms with Crippen LogP contribution < -0.4 is 0 Å². The van der Waals surface area contributed by atoms with Crippen molar-refractivity contribution in [2.75, 3.05) is 0 Å². The third-order valence-corrected chi connectivity index (χ3v) is 14.4. The first-order chi connectivity index (χ1) is 37.7. The fourth-order valence-corrected chi connectivity index (χ4v) is 10.6. The molecule has 0 aliphatic carbocycles. The molecular formula is C70H46N6. The summed E-state index contributed by atoms with van der Waals surface area (Å²) >= 11 is 0. The van der Waals surface area contributed by atoms with Gasteiger partial charge in [-0.2, -0.15) is 0 Å². The molecule has 6 heteroatoms. The Kier molecular flexibility index (Phi) is 11.1. The number of para-hydroxylation sites is 4. The standard InChI is InChI=1S/C70H46N6/c1-5-19-47(20-6-1)53-27-17-29-55(43-53)57-45-60(56-30-18-28-54(44-56)48-21-7-2-8-22-48)67-61(46-57)66(49-35-39-58(40-36-49)75-64-33-15-13-31-62(64)71-69(75)51-23-9-3-10-24-51)73-68(74-67)50-37-41-59(42-38-50)76-65-34-16-14-32-63(65)72-70(76)52-25-11-4-12-26-52/h1-46H. The summed E-state index contributed by atoms with van der Waals surface area (Å²) in [4.78, 5) is 21.5. The van der Waals surface area contributed by atoms with Crippen LogP contribution >= 0.6 is 0 Å². The largest absolute Gasteiger partial charge is 0.292 e. The molecule has 0 fully saturated rings. The SMILES string of the molecule is c1ccc(-c2cccc(-c3cc(-c4cccc(-c5ccccc5)c4)c4nc(-c5ccc(-n6c(-c7ccccc7)nc7ccccc76)cc5)nc(-c5ccc(-n6c(-c7ccccc7)nc7ccccc76)cc5)c4c3)c2)cc1. The molecule has 3 aromatic heterocycles. The van der Waals surface area contributed by atoms with Gasteiger partial charge in [-0.3, -0.25) is 9.13 Å². The minimum absolute atomic E-state index is 0.628. The minimum atomic E-state index is 0.628. The molecule has 11 aromatic carbocycles. The Morgan fingerprint density at radius 1 is 0.250 bits per heavy atom. The van der Waals surface area contributed by atoms with Gasteiger partial charge in [-0.1, -0.05) is 194 Å². The van der Waals surface area contributed by atoms with Crippen molar-refractivity contribution in [3.8, 4) is 101 Å². The maximum absolute atomic E-state index is 5.61. The van der Waals surface area contributed by atoms with Crippen LogP contribution in [0.25, 0.3) is 134 Å². The van der Waals surface area contributed by atoms with Crippen molar-refractivity contribution in [1.29, 1.82) is 0 Å². The van der Waals surface area contributed by atoms with Crippen LogP contribution in [0.2, 0.25) is 0 Å². The van der Waals surface area contributed by atoms with Gasteiger partial charge in [0.25, 0.3) is 0 Å². The van der Waals surface area contributed by atoms with E-state index in [1.165, 1.54) is 5.56 Å². The summed E-state index contributed by atoms with van der Waals surface area (Å²) in [5, 5.41) is 0.950. The molecule has 14 rings (SSSR count). The molecule has 0 unspecified atom stereocenters. The molecule has 0 atom stereocenters. The average molecular weight is 971 g/mol. The Bertz CT molecular complexity index is 4410. The number of fused-ring (bicyclic) bond motifs is 3. The predicted molar refractivity (Wildman–Crippen MR) is 312 cm³/mol. The van der Waals surface area contributed by atoms with E-state index in [2.05, 4.69) is 264 Å². The van der Waals surface area contributed by atoms with Crippen molar-refractivity contribution < 1.29 is 0 Å². The molecule has 3 heterocycles. The smallest absolute Gasteiger partial charge is 0.160 e.